The molecule has 3 saturated heterocycles. The number of carbonyl (C=O) groups excluding carboxylic acids is 1. The molecule has 3 aliphatic heterocycles. The minimum atomic E-state index is 0.00523. The van der Waals surface area contributed by atoms with Gasteiger partial charge in [-0.1, -0.05) is 0 Å². The van der Waals surface area contributed by atoms with E-state index in [1.165, 1.54) is 32.5 Å². The predicted molar refractivity (Wildman–Crippen MR) is 53.0 cm³/mol. The summed E-state index contributed by atoms with van der Waals surface area (Å²) >= 11 is 0. The molecular formula is C11H20NO2+. The van der Waals surface area contributed by atoms with Crippen molar-refractivity contribution in [2.75, 3.05) is 26.2 Å². The summed E-state index contributed by atoms with van der Waals surface area (Å²) in [6.45, 7) is 6.24. The van der Waals surface area contributed by atoms with Crippen LogP contribution in [0.1, 0.15) is 26.2 Å². The number of carbonyl (C=O) groups is 1. The van der Waals surface area contributed by atoms with Crippen molar-refractivity contribution in [2.45, 2.75) is 26.2 Å². The highest BCUT2D eigenvalue weighted by atomic mass is 16.5. The van der Waals surface area contributed by atoms with Gasteiger partial charge in [-0.05, 0) is 12.8 Å². The lowest BCUT2D eigenvalue weighted by atomic mass is 9.77. The molecule has 14 heavy (non-hydrogen) atoms. The Hall–Kier alpha value is -0.570. The molecule has 0 saturated carbocycles. The van der Waals surface area contributed by atoms with E-state index in [2.05, 4.69) is 0 Å². The largest absolute Gasteiger partial charge is 0.466 e. The van der Waals surface area contributed by atoms with Crippen LogP contribution in [0.15, 0.2) is 0 Å². The van der Waals surface area contributed by atoms with E-state index in [1.807, 2.05) is 6.92 Å². The fourth-order valence-corrected chi connectivity index (χ4v) is 2.93. The summed E-state index contributed by atoms with van der Waals surface area (Å²) in [7, 11) is 0. The van der Waals surface area contributed by atoms with Gasteiger partial charge in [0.25, 0.3) is 0 Å². The number of fused-ring (bicyclic) bond motifs is 3. The van der Waals surface area contributed by atoms with Crippen molar-refractivity contribution in [3.63, 3.8) is 0 Å². The lowest BCUT2D eigenvalue weighted by Gasteiger charge is -2.41. The van der Waals surface area contributed by atoms with E-state index in [-0.39, 0.29) is 5.97 Å². The molecule has 0 radical (unpaired) electrons. The minimum absolute atomic E-state index is 0.00523. The van der Waals surface area contributed by atoms with E-state index in [1.54, 1.807) is 4.90 Å². The van der Waals surface area contributed by atoms with Crippen LogP contribution in [0.4, 0.5) is 0 Å². The van der Waals surface area contributed by atoms with Gasteiger partial charge < -0.3 is 9.64 Å². The maximum absolute atomic E-state index is 11.4. The van der Waals surface area contributed by atoms with Gasteiger partial charge in [0.15, 0.2) is 0 Å². The van der Waals surface area contributed by atoms with Crippen LogP contribution in [-0.2, 0) is 9.53 Å². The molecule has 0 aromatic carbocycles. The summed E-state index contributed by atoms with van der Waals surface area (Å²) in [5.74, 6) is 1.41. The van der Waals surface area contributed by atoms with Crippen LogP contribution < -0.4 is 4.90 Å². The Balaban J connectivity index is 1.83. The Kier molecular flexibility index (Phi) is 3.06. The fourth-order valence-electron chi connectivity index (χ4n) is 2.93. The lowest BCUT2D eigenvalue weighted by Crippen LogP contribution is -3.15. The van der Waals surface area contributed by atoms with E-state index >= 15 is 0 Å². The molecule has 3 fully saturated rings. The Morgan fingerprint density at radius 3 is 2.64 bits per heavy atom. The SMILES string of the molecule is CCOC(=O)CC1C[NH+]2CCC1CC2. The van der Waals surface area contributed by atoms with Gasteiger partial charge in [0, 0.05) is 18.8 Å². The number of quaternary nitrogens is 1. The third-order valence-corrected chi connectivity index (χ3v) is 3.69. The molecule has 0 spiro atoms. The molecule has 3 heterocycles. The molecule has 0 aromatic rings. The molecule has 1 atom stereocenters. The van der Waals surface area contributed by atoms with E-state index in [0.29, 0.717) is 18.9 Å². The van der Waals surface area contributed by atoms with Gasteiger partial charge in [0.05, 0.1) is 32.7 Å². The number of esters is 1. The highest BCUT2D eigenvalue weighted by molar-refractivity contribution is 5.69. The van der Waals surface area contributed by atoms with Crippen LogP contribution in [0.5, 0.6) is 0 Å². The molecule has 0 aromatic heterocycles. The molecule has 3 heteroatoms. The quantitative estimate of drug-likeness (QED) is 0.640. The number of hydrogen-bond donors (Lipinski definition) is 1. The maximum Gasteiger partial charge on any atom is 0.306 e. The van der Waals surface area contributed by atoms with Crippen molar-refractivity contribution < 1.29 is 14.4 Å². The van der Waals surface area contributed by atoms with Gasteiger partial charge in [-0.2, -0.15) is 0 Å². The van der Waals surface area contributed by atoms with E-state index in [0.717, 1.165) is 5.92 Å². The zero-order valence-corrected chi connectivity index (χ0v) is 8.92. The van der Waals surface area contributed by atoms with E-state index in [9.17, 15) is 4.79 Å². The van der Waals surface area contributed by atoms with Crippen LogP contribution in [-0.4, -0.2) is 32.2 Å². The lowest BCUT2D eigenvalue weighted by molar-refractivity contribution is -0.921. The van der Waals surface area contributed by atoms with Crippen molar-refractivity contribution in [3.05, 3.63) is 0 Å². The molecule has 3 nitrogen and oxygen atoms in total. The van der Waals surface area contributed by atoms with E-state index < -0.39 is 0 Å². The van der Waals surface area contributed by atoms with Crippen LogP contribution >= 0.6 is 0 Å². The first kappa shape index (κ1) is 9.97. The third kappa shape index (κ3) is 2.08. The number of ether oxygens (including phenoxy) is 1. The number of rotatable bonds is 3. The fraction of sp³-hybridized carbons (Fsp3) is 0.909. The first-order valence-corrected chi connectivity index (χ1v) is 5.78. The van der Waals surface area contributed by atoms with Gasteiger partial charge >= 0.3 is 5.97 Å². The monoisotopic (exact) mass is 198 g/mol. The number of piperidine rings is 3. The number of hydrogen-bond acceptors (Lipinski definition) is 2. The molecule has 1 N–H and O–H groups in total. The van der Waals surface area contributed by atoms with Crippen molar-refractivity contribution in [2.24, 2.45) is 11.8 Å². The summed E-state index contributed by atoms with van der Waals surface area (Å²) < 4.78 is 5.00. The molecule has 2 bridgehead atoms. The van der Waals surface area contributed by atoms with Crippen molar-refractivity contribution >= 4 is 5.97 Å². The number of nitrogens with one attached hydrogen (secondary N) is 1. The van der Waals surface area contributed by atoms with Crippen LogP contribution in [0, 0.1) is 11.8 Å². The van der Waals surface area contributed by atoms with Crippen LogP contribution in [0.2, 0.25) is 0 Å². The predicted octanol–water partition coefficient (Wildman–Crippen LogP) is -0.136. The highest BCUT2D eigenvalue weighted by Crippen LogP contribution is 2.26. The summed E-state index contributed by atoms with van der Waals surface area (Å²) in [5.41, 5.74) is 0. The van der Waals surface area contributed by atoms with Crippen LogP contribution in [0.25, 0.3) is 0 Å². The zero-order valence-electron chi connectivity index (χ0n) is 8.92. The smallest absolute Gasteiger partial charge is 0.306 e. The zero-order chi connectivity index (χ0) is 9.97. The Morgan fingerprint density at radius 1 is 1.43 bits per heavy atom. The van der Waals surface area contributed by atoms with Gasteiger partial charge in [0.1, 0.15) is 0 Å². The first-order valence-electron chi connectivity index (χ1n) is 5.78. The Bertz CT molecular complexity index is 209. The summed E-state index contributed by atoms with van der Waals surface area (Å²) in [5, 5.41) is 0. The molecule has 3 rings (SSSR count). The molecule has 80 valence electrons. The average molecular weight is 198 g/mol. The van der Waals surface area contributed by atoms with Gasteiger partial charge in [-0.25, -0.2) is 0 Å². The second-order valence-corrected chi connectivity index (χ2v) is 4.56. The minimum Gasteiger partial charge on any atom is -0.466 e. The average Bonchev–Trinajstić information content (AvgIpc) is 2.19. The topological polar surface area (TPSA) is 30.7 Å². The molecular weight excluding hydrogens is 178 g/mol. The summed E-state index contributed by atoms with van der Waals surface area (Å²) in [4.78, 5) is 13.1. The van der Waals surface area contributed by atoms with Crippen LogP contribution in [0.3, 0.4) is 0 Å². The van der Waals surface area contributed by atoms with Gasteiger partial charge in [0.2, 0.25) is 0 Å². The molecule has 3 aliphatic rings. The second-order valence-electron chi connectivity index (χ2n) is 4.56. The Morgan fingerprint density at radius 2 is 2.14 bits per heavy atom. The van der Waals surface area contributed by atoms with Crippen molar-refractivity contribution in [3.8, 4) is 0 Å². The second kappa shape index (κ2) is 4.30. The maximum atomic E-state index is 11.4. The standard InChI is InChI=1S/C11H19NO2/c1-2-14-11(13)7-10-8-12-5-3-9(10)4-6-12/h9-10H,2-8H2,1H3/p+1. The molecule has 1 unspecified atom stereocenters. The normalized spacial score (nSPS) is 35.6. The highest BCUT2D eigenvalue weighted by Gasteiger charge is 2.38. The van der Waals surface area contributed by atoms with Crippen molar-refractivity contribution in [1.29, 1.82) is 0 Å². The molecule has 0 aliphatic carbocycles. The first-order chi connectivity index (χ1) is 6.79. The van der Waals surface area contributed by atoms with Crippen molar-refractivity contribution in [1.82, 2.24) is 0 Å². The van der Waals surface area contributed by atoms with Gasteiger partial charge in [-0.15, -0.1) is 0 Å². The summed E-state index contributed by atoms with van der Waals surface area (Å²) in [6, 6.07) is 0. The molecule has 0 amide bonds. The van der Waals surface area contributed by atoms with Gasteiger partial charge in [-0.3, -0.25) is 4.79 Å². The third-order valence-electron chi connectivity index (χ3n) is 3.69. The summed E-state index contributed by atoms with van der Waals surface area (Å²) in [6.07, 6.45) is 3.29. The Labute approximate surface area is 85.4 Å². The van der Waals surface area contributed by atoms with E-state index in [4.69, 9.17) is 4.74 Å².